The Morgan fingerprint density at radius 3 is 2.89 bits per heavy atom. The number of carbonyl (C=O) groups is 2. The highest BCUT2D eigenvalue weighted by molar-refractivity contribution is 7.11. The van der Waals surface area contributed by atoms with E-state index in [1.54, 1.807) is 0 Å². The largest absolute Gasteiger partial charge is 0.476 e. The quantitative estimate of drug-likeness (QED) is 0.878. The number of amides is 1. The standard InChI is InChI=1S/C12H16N2O4S/c1-12(2)5-7(3-4-18-12)13-9(15)8-6-19-10(14-8)11(16)17/h6-7H,3-5H2,1-2H3,(H,13,15)(H,16,17). The van der Waals surface area contributed by atoms with Crippen molar-refractivity contribution in [2.75, 3.05) is 6.61 Å². The number of hydrogen-bond acceptors (Lipinski definition) is 5. The number of nitrogens with one attached hydrogen (secondary N) is 1. The zero-order valence-corrected chi connectivity index (χ0v) is 11.6. The van der Waals surface area contributed by atoms with Gasteiger partial charge in [0.15, 0.2) is 0 Å². The van der Waals surface area contributed by atoms with Crippen LogP contribution in [0.2, 0.25) is 0 Å². The van der Waals surface area contributed by atoms with Crippen molar-refractivity contribution in [3.63, 3.8) is 0 Å². The van der Waals surface area contributed by atoms with E-state index in [1.165, 1.54) is 5.38 Å². The van der Waals surface area contributed by atoms with Gasteiger partial charge in [0.05, 0.1) is 5.60 Å². The molecule has 0 aliphatic carbocycles. The number of aromatic carboxylic acids is 1. The third kappa shape index (κ3) is 3.51. The van der Waals surface area contributed by atoms with E-state index in [2.05, 4.69) is 10.3 Å². The summed E-state index contributed by atoms with van der Waals surface area (Å²) in [5, 5.41) is 13.0. The number of carbonyl (C=O) groups excluding carboxylic acids is 1. The first-order valence-corrected chi connectivity index (χ1v) is 6.89. The fraction of sp³-hybridized carbons (Fsp3) is 0.583. The van der Waals surface area contributed by atoms with E-state index in [0.29, 0.717) is 6.61 Å². The molecule has 1 aromatic rings. The number of carboxylic acid groups (broad SMARTS) is 1. The van der Waals surface area contributed by atoms with Gasteiger partial charge < -0.3 is 15.2 Å². The van der Waals surface area contributed by atoms with Crippen LogP contribution in [-0.4, -0.2) is 40.2 Å². The maximum atomic E-state index is 12.0. The molecule has 2 rings (SSSR count). The van der Waals surface area contributed by atoms with Crippen molar-refractivity contribution in [1.29, 1.82) is 0 Å². The monoisotopic (exact) mass is 284 g/mol. The average Bonchev–Trinajstić information content (AvgIpc) is 2.76. The highest BCUT2D eigenvalue weighted by Crippen LogP contribution is 2.24. The molecule has 1 aliphatic heterocycles. The number of hydrogen-bond donors (Lipinski definition) is 2. The Kier molecular flexibility index (Phi) is 3.86. The minimum absolute atomic E-state index is 0.0335. The minimum Gasteiger partial charge on any atom is -0.476 e. The van der Waals surface area contributed by atoms with Gasteiger partial charge >= 0.3 is 5.97 Å². The molecule has 19 heavy (non-hydrogen) atoms. The molecule has 1 saturated heterocycles. The molecule has 1 amide bonds. The number of aromatic nitrogens is 1. The van der Waals surface area contributed by atoms with E-state index in [1.807, 2.05) is 13.8 Å². The van der Waals surface area contributed by atoms with Gasteiger partial charge in [-0.15, -0.1) is 11.3 Å². The molecule has 7 heteroatoms. The molecule has 0 bridgehead atoms. The first-order valence-electron chi connectivity index (χ1n) is 6.01. The van der Waals surface area contributed by atoms with Gasteiger partial charge in [-0.2, -0.15) is 0 Å². The first kappa shape index (κ1) is 14.0. The van der Waals surface area contributed by atoms with E-state index in [-0.39, 0.29) is 28.3 Å². The lowest BCUT2D eigenvalue weighted by Gasteiger charge is -2.35. The normalized spacial score (nSPS) is 21.9. The fourth-order valence-electron chi connectivity index (χ4n) is 2.09. The van der Waals surface area contributed by atoms with Crippen LogP contribution in [0.1, 0.15) is 47.0 Å². The summed E-state index contributed by atoms with van der Waals surface area (Å²) >= 11 is 0.952. The molecule has 6 nitrogen and oxygen atoms in total. The average molecular weight is 284 g/mol. The summed E-state index contributed by atoms with van der Waals surface area (Å²) in [4.78, 5) is 26.5. The maximum Gasteiger partial charge on any atom is 0.365 e. The Morgan fingerprint density at radius 2 is 2.32 bits per heavy atom. The second kappa shape index (κ2) is 5.26. The van der Waals surface area contributed by atoms with Crippen molar-refractivity contribution in [3.8, 4) is 0 Å². The van der Waals surface area contributed by atoms with Gasteiger partial charge in [0.2, 0.25) is 5.01 Å². The molecule has 2 heterocycles. The molecule has 1 atom stereocenters. The van der Waals surface area contributed by atoms with Crippen LogP contribution in [0.4, 0.5) is 0 Å². The van der Waals surface area contributed by atoms with Crippen LogP contribution >= 0.6 is 11.3 Å². The van der Waals surface area contributed by atoms with Crippen LogP contribution in [-0.2, 0) is 4.74 Å². The van der Waals surface area contributed by atoms with Gasteiger partial charge in [0.1, 0.15) is 5.69 Å². The highest BCUT2D eigenvalue weighted by Gasteiger charge is 2.30. The van der Waals surface area contributed by atoms with E-state index < -0.39 is 5.97 Å². The molecule has 0 saturated carbocycles. The predicted octanol–water partition coefficient (Wildman–Crippen LogP) is 1.53. The van der Waals surface area contributed by atoms with Crippen molar-refractivity contribution < 1.29 is 19.4 Å². The molecule has 2 N–H and O–H groups in total. The summed E-state index contributed by atoms with van der Waals surface area (Å²) in [6, 6.07) is 0.0335. The molecular weight excluding hydrogens is 268 g/mol. The lowest BCUT2D eigenvalue weighted by atomic mass is 9.94. The SMILES string of the molecule is CC1(C)CC(NC(=O)c2csc(C(=O)O)n2)CCO1. The summed E-state index contributed by atoms with van der Waals surface area (Å²) in [7, 11) is 0. The first-order chi connectivity index (χ1) is 8.87. The molecule has 1 aromatic heterocycles. The number of ether oxygens (including phenoxy) is 1. The lowest BCUT2D eigenvalue weighted by molar-refractivity contribution is -0.0615. The van der Waals surface area contributed by atoms with E-state index in [0.717, 1.165) is 24.2 Å². The molecule has 104 valence electrons. The van der Waals surface area contributed by atoms with Gasteiger partial charge in [-0.25, -0.2) is 9.78 Å². The molecule has 0 spiro atoms. The van der Waals surface area contributed by atoms with Gasteiger partial charge in [-0.05, 0) is 26.7 Å². The van der Waals surface area contributed by atoms with Crippen molar-refractivity contribution in [3.05, 3.63) is 16.1 Å². The summed E-state index contributed by atoms with van der Waals surface area (Å²) in [6.45, 7) is 4.57. The van der Waals surface area contributed by atoms with Gasteiger partial charge in [0.25, 0.3) is 5.91 Å². The van der Waals surface area contributed by atoms with Crippen LogP contribution < -0.4 is 5.32 Å². The second-order valence-electron chi connectivity index (χ2n) is 5.11. The number of carboxylic acids is 1. The topological polar surface area (TPSA) is 88.5 Å². The van der Waals surface area contributed by atoms with Gasteiger partial charge in [-0.1, -0.05) is 0 Å². The smallest absolute Gasteiger partial charge is 0.365 e. The lowest BCUT2D eigenvalue weighted by Crippen LogP contribution is -2.45. The Balaban J connectivity index is 1.98. The van der Waals surface area contributed by atoms with Gasteiger partial charge in [-0.3, -0.25) is 4.79 Å². The minimum atomic E-state index is -1.11. The Hall–Kier alpha value is -1.47. The van der Waals surface area contributed by atoms with Gasteiger partial charge in [0, 0.05) is 18.0 Å². The van der Waals surface area contributed by atoms with Crippen LogP contribution in [0.25, 0.3) is 0 Å². The van der Waals surface area contributed by atoms with E-state index in [9.17, 15) is 9.59 Å². The third-order valence-electron chi connectivity index (χ3n) is 2.95. The van der Waals surface area contributed by atoms with Crippen molar-refractivity contribution >= 4 is 23.2 Å². The number of thiazole rings is 1. The van der Waals surface area contributed by atoms with E-state index >= 15 is 0 Å². The Bertz CT molecular complexity index is 498. The van der Waals surface area contributed by atoms with E-state index in [4.69, 9.17) is 9.84 Å². The van der Waals surface area contributed by atoms with Crippen molar-refractivity contribution in [2.24, 2.45) is 0 Å². The molecular formula is C12H16N2O4S. The molecule has 1 fully saturated rings. The Morgan fingerprint density at radius 1 is 1.58 bits per heavy atom. The van der Waals surface area contributed by atoms with Crippen LogP contribution in [0.3, 0.4) is 0 Å². The molecule has 0 aromatic carbocycles. The van der Waals surface area contributed by atoms with Crippen molar-refractivity contribution in [2.45, 2.75) is 38.3 Å². The van der Waals surface area contributed by atoms with Crippen LogP contribution in [0.5, 0.6) is 0 Å². The summed E-state index contributed by atoms with van der Waals surface area (Å²) in [5.41, 5.74) is -0.0866. The molecule has 1 unspecified atom stereocenters. The number of nitrogens with zero attached hydrogens (tertiary/aromatic N) is 1. The third-order valence-corrected chi connectivity index (χ3v) is 3.78. The highest BCUT2D eigenvalue weighted by atomic mass is 32.1. The zero-order chi connectivity index (χ0) is 14.0. The van der Waals surface area contributed by atoms with Crippen LogP contribution in [0.15, 0.2) is 5.38 Å². The predicted molar refractivity (Wildman–Crippen MR) is 69.6 cm³/mol. The van der Waals surface area contributed by atoms with Crippen LogP contribution in [0, 0.1) is 0 Å². The molecule has 0 radical (unpaired) electrons. The maximum absolute atomic E-state index is 12.0. The van der Waals surface area contributed by atoms with Crippen molar-refractivity contribution in [1.82, 2.24) is 10.3 Å². The second-order valence-corrected chi connectivity index (χ2v) is 5.97. The summed E-state index contributed by atoms with van der Waals surface area (Å²) in [6.07, 6.45) is 1.49. The zero-order valence-electron chi connectivity index (χ0n) is 10.8. The summed E-state index contributed by atoms with van der Waals surface area (Å²) < 4.78 is 5.58. The molecule has 1 aliphatic rings. The summed E-state index contributed by atoms with van der Waals surface area (Å²) in [5.74, 6) is -1.44. The Labute approximate surface area is 114 Å². The fourth-order valence-corrected chi connectivity index (χ4v) is 2.73. The number of rotatable bonds is 3.